The van der Waals surface area contributed by atoms with Gasteiger partial charge < -0.3 is 5.32 Å². The Labute approximate surface area is 194 Å². The van der Waals surface area contributed by atoms with Gasteiger partial charge in [-0.15, -0.1) is 0 Å². The fourth-order valence-electron chi connectivity index (χ4n) is 3.85. The van der Waals surface area contributed by atoms with Crippen molar-refractivity contribution in [1.29, 1.82) is 0 Å². The number of amides is 1. The molecule has 2 aromatic carbocycles. The van der Waals surface area contributed by atoms with Gasteiger partial charge in [0.1, 0.15) is 17.2 Å². The fraction of sp³-hybridized carbons (Fsp3) is 0.200. The van der Waals surface area contributed by atoms with Crippen molar-refractivity contribution in [2.24, 2.45) is 7.05 Å². The van der Waals surface area contributed by atoms with Gasteiger partial charge in [-0.05, 0) is 55.2 Å². The topological polar surface area (TPSA) is 76.9 Å². The van der Waals surface area contributed by atoms with E-state index in [1.54, 1.807) is 43.0 Å². The number of rotatable bonds is 4. The number of hydrogen-bond acceptors (Lipinski definition) is 4. The molecule has 2 aliphatic heterocycles. The number of carbonyl (C=O) groups is 1. The molecule has 0 atom stereocenters. The molecule has 8 heteroatoms. The zero-order chi connectivity index (χ0) is 23.3. The normalized spacial score (nSPS) is 13.3. The zero-order valence-corrected chi connectivity index (χ0v) is 18.8. The van der Waals surface area contributed by atoms with Crippen molar-refractivity contribution in [2.45, 2.75) is 25.8 Å². The van der Waals surface area contributed by atoms with Gasteiger partial charge >= 0.3 is 0 Å². The summed E-state index contributed by atoms with van der Waals surface area (Å²) in [5.41, 5.74) is 2.66. The van der Waals surface area contributed by atoms with Gasteiger partial charge in [0, 0.05) is 36.0 Å². The van der Waals surface area contributed by atoms with Crippen LogP contribution in [-0.4, -0.2) is 26.7 Å². The molecule has 2 heterocycles. The molecule has 166 valence electrons. The summed E-state index contributed by atoms with van der Waals surface area (Å²) >= 11 is 6.37. The fourth-order valence-corrected chi connectivity index (χ4v) is 4.07. The van der Waals surface area contributed by atoms with Crippen LogP contribution in [0.1, 0.15) is 28.8 Å². The van der Waals surface area contributed by atoms with Crippen LogP contribution in [0, 0.1) is 12.7 Å². The summed E-state index contributed by atoms with van der Waals surface area (Å²) in [6.45, 7) is 1.58. The van der Waals surface area contributed by atoms with Gasteiger partial charge in [-0.1, -0.05) is 29.8 Å². The number of halogens is 2. The summed E-state index contributed by atoms with van der Waals surface area (Å²) in [7, 11) is 1.76. The van der Waals surface area contributed by atoms with E-state index in [2.05, 4.69) is 15.4 Å². The summed E-state index contributed by atoms with van der Waals surface area (Å²) in [5.74, 6) is -0.902. The number of aromatic nitrogens is 3. The van der Waals surface area contributed by atoms with Gasteiger partial charge in [-0.25, -0.2) is 9.37 Å². The van der Waals surface area contributed by atoms with Crippen molar-refractivity contribution in [1.82, 2.24) is 20.1 Å². The van der Waals surface area contributed by atoms with Gasteiger partial charge in [0.25, 0.3) is 11.5 Å². The minimum absolute atomic E-state index is 0.137. The van der Waals surface area contributed by atoms with Gasteiger partial charge in [-0.3, -0.25) is 14.3 Å². The van der Waals surface area contributed by atoms with Gasteiger partial charge in [-0.2, -0.15) is 5.10 Å². The minimum Gasteiger partial charge on any atom is -0.349 e. The number of aryl methyl sites for hydroxylation is 1. The van der Waals surface area contributed by atoms with E-state index in [0.717, 1.165) is 12.8 Å². The van der Waals surface area contributed by atoms with E-state index in [0.29, 0.717) is 33.1 Å². The Morgan fingerprint density at radius 1 is 1.12 bits per heavy atom. The van der Waals surface area contributed by atoms with Crippen LogP contribution in [0.4, 0.5) is 4.39 Å². The van der Waals surface area contributed by atoms with Crippen LogP contribution in [0.2, 0.25) is 5.02 Å². The van der Waals surface area contributed by atoms with Gasteiger partial charge in [0.2, 0.25) is 0 Å². The number of pyridine rings is 1. The van der Waals surface area contributed by atoms with Crippen molar-refractivity contribution >= 4 is 17.5 Å². The molecule has 33 heavy (non-hydrogen) atoms. The molecule has 0 saturated heterocycles. The number of hydrogen-bond donors (Lipinski definition) is 1. The lowest BCUT2D eigenvalue weighted by Gasteiger charge is -2.16. The molecule has 0 unspecified atom stereocenters. The number of carbonyl (C=O) groups excluding carboxylic acids is 1. The van der Waals surface area contributed by atoms with Crippen LogP contribution in [-0.2, 0) is 7.05 Å². The highest BCUT2D eigenvalue weighted by atomic mass is 35.5. The van der Waals surface area contributed by atoms with Crippen LogP contribution in [0.3, 0.4) is 0 Å². The SMILES string of the molecule is Cc1c(F)cc(C(=O)NC2CC2)cc1-c1cc2cn(C)nc(-c3ccccc3Cl)c-2nc1=O. The third kappa shape index (κ3) is 4.00. The molecule has 1 fully saturated rings. The van der Waals surface area contributed by atoms with Crippen molar-refractivity contribution < 1.29 is 9.18 Å². The molecular weight excluding hydrogens is 443 g/mol. The average molecular weight is 463 g/mol. The first-order valence-corrected chi connectivity index (χ1v) is 10.9. The third-order valence-electron chi connectivity index (χ3n) is 5.76. The van der Waals surface area contributed by atoms with Crippen LogP contribution in [0.5, 0.6) is 0 Å². The summed E-state index contributed by atoms with van der Waals surface area (Å²) in [6, 6.07) is 11.8. The number of nitrogens with zero attached hydrogens (tertiary/aromatic N) is 3. The summed E-state index contributed by atoms with van der Waals surface area (Å²) in [5, 5.41) is 7.84. The zero-order valence-electron chi connectivity index (χ0n) is 18.0. The highest BCUT2D eigenvalue weighted by Gasteiger charge is 2.25. The van der Waals surface area contributed by atoms with E-state index in [-0.39, 0.29) is 28.6 Å². The molecule has 0 bridgehead atoms. The Morgan fingerprint density at radius 3 is 2.61 bits per heavy atom. The molecule has 0 radical (unpaired) electrons. The van der Waals surface area contributed by atoms with Crippen molar-refractivity contribution in [3.63, 3.8) is 0 Å². The number of fused-ring (bicyclic) bond motifs is 1. The van der Waals surface area contributed by atoms with E-state index in [1.807, 2.05) is 18.2 Å². The summed E-state index contributed by atoms with van der Waals surface area (Å²) in [4.78, 5) is 29.9. The van der Waals surface area contributed by atoms with Crippen molar-refractivity contribution in [3.05, 3.63) is 81.0 Å². The molecule has 5 rings (SSSR count). The lowest BCUT2D eigenvalue weighted by Crippen LogP contribution is -2.25. The highest BCUT2D eigenvalue weighted by Crippen LogP contribution is 2.35. The number of benzene rings is 2. The molecule has 6 nitrogen and oxygen atoms in total. The third-order valence-corrected chi connectivity index (χ3v) is 6.09. The van der Waals surface area contributed by atoms with E-state index in [1.165, 1.54) is 6.07 Å². The standard InChI is InChI=1S/C25H20ClFN4O2/c1-13-18(9-14(11-21(13)27)24(32)28-16-7-8-16)19-10-15-12-31(2)30-23(22(15)29-25(19)33)17-5-3-4-6-20(17)26/h3-6,9-12,16H,7-8H2,1-2H3,(H,28,32). The number of nitrogens with one attached hydrogen (secondary N) is 1. The minimum atomic E-state index is -0.551. The monoisotopic (exact) mass is 462 g/mol. The maximum Gasteiger partial charge on any atom is 0.278 e. The lowest BCUT2D eigenvalue weighted by atomic mass is 9.95. The van der Waals surface area contributed by atoms with Crippen LogP contribution in [0.25, 0.3) is 33.6 Å². The first kappa shape index (κ1) is 21.3. The smallest absolute Gasteiger partial charge is 0.278 e. The van der Waals surface area contributed by atoms with Crippen molar-refractivity contribution in [3.8, 4) is 33.6 Å². The van der Waals surface area contributed by atoms with Crippen LogP contribution in [0.15, 0.2) is 53.5 Å². The van der Waals surface area contributed by atoms with E-state index < -0.39 is 11.4 Å². The predicted octanol–water partition coefficient (Wildman–Crippen LogP) is 4.61. The van der Waals surface area contributed by atoms with Crippen LogP contribution < -0.4 is 10.9 Å². The molecule has 0 aromatic heterocycles. The molecule has 1 aliphatic carbocycles. The Morgan fingerprint density at radius 2 is 1.88 bits per heavy atom. The van der Waals surface area contributed by atoms with Crippen molar-refractivity contribution in [2.75, 3.05) is 0 Å². The molecule has 0 spiro atoms. The Bertz CT molecular complexity index is 1450. The summed E-state index contributed by atoms with van der Waals surface area (Å²) in [6.07, 6.45) is 3.58. The van der Waals surface area contributed by atoms with Gasteiger partial charge in [0.05, 0.1) is 10.6 Å². The van der Waals surface area contributed by atoms with Gasteiger partial charge in [0.15, 0.2) is 0 Å². The average Bonchev–Trinajstić information content (AvgIpc) is 3.59. The Balaban J connectivity index is 1.69. The molecule has 1 amide bonds. The second-order valence-corrected chi connectivity index (χ2v) is 8.70. The molecule has 3 aliphatic rings. The lowest BCUT2D eigenvalue weighted by molar-refractivity contribution is 0.0950. The molecule has 2 aromatic rings. The summed E-state index contributed by atoms with van der Waals surface area (Å²) < 4.78 is 16.4. The van der Waals surface area contributed by atoms with E-state index in [4.69, 9.17) is 11.6 Å². The maximum absolute atomic E-state index is 14.7. The Kier molecular flexibility index (Phi) is 5.21. The molecule has 1 N–H and O–H groups in total. The highest BCUT2D eigenvalue weighted by molar-refractivity contribution is 6.33. The second kappa shape index (κ2) is 8.08. The first-order valence-electron chi connectivity index (χ1n) is 10.6. The quantitative estimate of drug-likeness (QED) is 0.480. The largest absolute Gasteiger partial charge is 0.349 e. The van der Waals surface area contributed by atoms with E-state index in [9.17, 15) is 14.0 Å². The predicted molar refractivity (Wildman–Crippen MR) is 125 cm³/mol. The van der Waals surface area contributed by atoms with E-state index >= 15 is 0 Å². The van der Waals surface area contributed by atoms with Crippen LogP contribution >= 0.6 is 11.6 Å². The maximum atomic E-state index is 14.7. The second-order valence-electron chi connectivity index (χ2n) is 8.29. The molecular formula is C25H20ClFN4O2. The first-order chi connectivity index (χ1) is 15.8. The molecule has 1 saturated carbocycles. The Hall–Kier alpha value is -3.58.